The second-order valence-electron chi connectivity index (χ2n) is 4.39. The Kier molecular flexibility index (Phi) is 3.39. The zero-order valence-electron chi connectivity index (χ0n) is 10.7. The van der Waals surface area contributed by atoms with Crippen molar-refractivity contribution in [2.75, 3.05) is 11.1 Å². The van der Waals surface area contributed by atoms with E-state index in [4.69, 9.17) is 5.73 Å². The molecule has 94 valence electrons. The van der Waals surface area contributed by atoms with E-state index in [0.717, 1.165) is 32.3 Å². The lowest BCUT2D eigenvalue weighted by Crippen LogP contribution is -2.12. The van der Waals surface area contributed by atoms with Crippen LogP contribution in [0.4, 0.5) is 11.4 Å². The molecule has 0 aliphatic heterocycles. The smallest absolute Gasteiger partial charge is 0.265 e. The zero-order valence-corrected chi connectivity index (χ0v) is 11.5. The van der Waals surface area contributed by atoms with Gasteiger partial charge in [-0.25, -0.2) is 0 Å². The van der Waals surface area contributed by atoms with Crippen molar-refractivity contribution >= 4 is 28.6 Å². The summed E-state index contributed by atoms with van der Waals surface area (Å²) in [6, 6.07) is 7.52. The van der Waals surface area contributed by atoms with Crippen LogP contribution in [0.3, 0.4) is 0 Å². The van der Waals surface area contributed by atoms with E-state index >= 15 is 0 Å². The maximum absolute atomic E-state index is 12.1. The van der Waals surface area contributed by atoms with Gasteiger partial charge in [0.1, 0.15) is 0 Å². The van der Waals surface area contributed by atoms with Gasteiger partial charge in [-0.15, -0.1) is 11.3 Å². The van der Waals surface area contributed by atoms with Gasteiger partial charge in [-0.2, -0.15) is 0 Å². The number of rotatable bonds is 2. The molecule has 0 aliphatic rings. The zero-order chi connectivity index (χ0) is 13.3. The number of benzene rings is 1. The molecule has 0 atom stereocenters. The van der Waals surface area contributed by atoms with E-state index in [1.807, 2.05) is 45.0 Å². The average Bonchev–Trinajstić information content (AvgIpc) is 2.70. The van der Waals surface area contributed by atoms with Crippen LogP contribution in [0.2, 0.25) is 0 Å². The Balaban J connectivity index is 2.27. The highest BCUT2D eigenvalue weighted by Crippen LogP contribution is 2.25. The third-order valence-electron chi connectivity index (χ3n) is 2.76. The van der Waals surface area contributed by atoms with Crippen molar-refractivity contribution in [3.05, 3.63) is 45.1 Å². The molecule has 0 radical (unpaired) electrons. The normalized spacial score (nSPS) is 10.4. The summed E-state index contributed by atoms with van der Waals surface area (Å²) in [6.07, 6.45) is 0. The quantitative estimate of drug-likeness (QED) is 0.812. The Morgan fingerprint density at radius 1 is 1.17 bits per heavy atom. The molecule has 0 saturated heterocycles. The van der Waals surface area contributed by atoms with Crippen molar-refractivity contribution in [2.45, 2.75) is 20.8 Å². The molecule has 1 amide bonds. The largest absolute Gasteiger partial charge is 0.399 e. The highest BCUT2D eigenvalue weighted by atomic mass is 32.1. The van der Waals surface area contributed by atoms with Gasteiger partial charge in [-0.3, -0.25) is 4.79 Å². The first kappa shape index (κ1) is 12.6. The Bertz CT molecular complexity index is 579. The summed E-state index contributed by atoms with van der Waals surface area (Å²) in [7, 11) is 0. The molecule has 1 aromatic heterocycles. The van der Waals surface area contributed by atoms with Crippen LogP contribution < -0.4 is 11.1 Å². The third kappa shape index (κ3) is 2.54. The predicted octanol–water partition coefficient (Wildman–Crippen LogP) is 3.51. The minimum absolute atomic E-state index is 0.0657. The minimum Gasteiger partial charge on any atom is -0.399 e. The average molecular weight is 260 g/mol. The Morgan fingerprint density at radius 2 is 1.78 bits per heavy atom. The van der Waals surface area contributed by atoms with Crippen molar-refractivity contribution in [2.24, 2.45) is 0 Å². The Morgan fingerprint density at radius 3 is 2.28 bits per heavy atom. The molecule has 0 saturated carbocycles. The lowest BCUT2D eigenvalue weighted by molar-refractivity contribution is 0.103. The summed E-state index contributed by atoms with van der Waals surface area (Å²) in [5.74, 6) is -0.0657. The van der Waals surface area contributed by atoms with Gasteiger partial charge in [0.15, 0.2) is 0 Å². The molecular weight excluding hydrogens is 244 g/mol. The van der Waals surface area contributed by atoms with Crippen molar-refractivity contribution in [1.82, 2.24) is 0 Å². The van der Waals surface area contributed by atoms with Gasteiger partial charge < -0.3 is 11.1 Å². The van der Waals surface area contributed by atoms with Gasteiger partial charge in [0.25, 0.3) is 5.91 Å². The van der Waals surface area contributed by atoms with E-state index in [-0.39, 0.29) is 5.91 Å². The van der Waals surface area contributed by atoms with Crippen molar-refractivity contribution in [1.29, 1.82) is 0 Å². The number of nitrogens with one attached hydrogen (secondary N) is 1. The van der Waals surface area contributed by atoms with Crippen molar-refractivity contribution in [3.8, 4) is 0 Å². The first-order valence-electron chi connectivity index (χ1n) is 5.72. The van der Waals surface area contributed by atoms with Crippen LogP contribution in [0.1, 0.15) is 25.7 Å². The van der Waals surface area contributed by atoms with Crippen molar-refractivity contribution in [3.63, 3.8) is 0 Å². The summed E-state index contributed by atoms with van der Waals surface area (Å²) in [5.41, 5.74) is 9.29. The molecular formula is C14H16N2OS. The van der Waals surface area contributed by atoms with Gasteiger partial charge in [-0.05, 0) is 56.2 Å². The number of amides is 1. The van der Waals surface area contributed by atoms with Gasteiger partial charge in [0.05, 0.1) is 4.88 Å². The van der Waals surface area contributed by atoms with Crippen LogP contribution in [-0.2, 0) is 0 Å². The Hall–Kier alpha value is -1.81. The summed E-state index contributed by atoms with van der Waals surface area (Å²) < 4.78 is 0. The van der Waals surface area contributed by atoms with Crippen LogP contribution in [0.15, 0.2) is 24.3 Å². The van der Waals surface area contributed by atoms with Crippen molar-refractivity contribution < 1.29 is 4.79 Å². The summed E-state index contributed by atoms with van der Waals surface area (Å²) in [4.78, 5) is 13.9. The van der Waals surface area contributed by atoms with E-state index < -0.39 is 0 Å². The van der Waals surface area contributed by atoms with Crippen LogP contribution in [0.25, 0.3) is 0 Å². The standard InChI is InChI=1S/C14H16N2OS/c1-8-6-11(15)7-9(2)13(8)16-14(17)12-5-4-10(3)18-12/h4-7H,15H2,1-3H3,(H,16,17). The molecule has 0 bridgehead atoms. The fourth-order valence-electron chi connectivity index (χ4n) is 1.93. The summed E-state index contributed by atoms with van der Waals surface area (Å²) in [5, 5.41) is 2.95. The number of hydrogen-bond acceptors (Lipinski definition) is 3. The first-order valence-corrected chi connectivity index (χ1v) is 6.53. The number of nitrogens with two attached hydrogens (primary N) is 1. The highest BCUT2D eigenvalue weighted by molar-refractivity contribution is 7.14. The Labute approximate surface area is 111 Å². The van der Waals surface area contributed by atoms with Gasteiger partial charge in [-0.1, -0.05) is 0 Å². The topological polar surface area (TPSA) is 55.1 Å². The van der Waals surface area contributed by atoms with E-state index in [1.54, 1.807) is 0 Å². The molecule has 1 heterocycles. The van der Waals surface area contributed by atoms with Crippen LogP contribution in [0.5, 0.6) is 0 Å². The molecule has 3 nitrogen and oxygen atoms in total. The van der Waals surface area contributed by atoms with E-state index in [9.17, 15) is 4.79 Å². The maximum Gasteiger partial charge on any atom is 0.265 e. The molecule has 0 aliphatic carbocycles. The first-order chi connectivity index (χ1) is 8.47. The molecule has 18 heavy (non-hydrogen) atoms. The predicted molar refractivity (Wildman–Crippen MR) is 77.3 cm³/mol. The highest BCUT2D eigenvalue weighted by Gasteiger charge is 2.11. The molecule has 0 unspecified atom stereocenters. The van der Waals surface area contributed by atoms with E-state index in [2.05, 4.69) is 5.32 Å². The molecule has 3 N–H and O–H groups in total. The van der Waals surface area contributed by atoms with E-state index in [0.29, 0.717) is 0 Å². The second kappa shape index (κ2) is 4.82. The van der Waals surface area contributed by atoms with Crippen LogP contribution in [-0.4, -0.2) is 5.91 Å². The number of anilines is 2. The lowest BCUT2D eigenvalue weighted by Gasteiger charge is -2.11. The van der Waals surface area contributed by atoms with E-state index in [1.165, 1.54) is 11.3 Å². The molecule has 1 aromatic carbocycles. The molecule has 2 aromatic rings. The van der Waals surface area contributed by atoms with Gasteiger partial charge in [0, 0.05) is 16.3 Å². The second-order valence-corrected chi connectivity index (χ2v) is 5.68. The fourth-order valence-corrected chi connectivity index (χ4v) is 2.69. The maximum atomic E-state index is 12.1. The number of carbonyl (C=O) groups excluding carboxylic acids is 1. The summed E-state index contributed by atoms with van der Waals surface area (Å²) in [6.45, 7) is 5.87. The number of carbonyl (C=O) groups is 1. The number of hydrogen-bond donors (Lipinski definition) is 2. The minimum atomic E-state index is -0.0657. The fraction of sp³-hybridized carbons (Fsp3) is 0.214. The monoisotopic (exact) mass is 260 g/mol. The van der Waals surface area contributed by atoms with Gasteiger partial charge in [0.2, 0.25) is 0 Å². The van der Waals surface area contributed by atoms with Gasteiger partial charge >= 0.3 is 0 Å². The molecule has 0 fully saturated rings. The van der Waals surface area contributed by atoms with Crippen LogP contribution >= 0.6 is 11.3 Å². The third-order valence-corrected chi connectivity index (χ3v) is 3.76. The number of aryl methyl sites for hydroxylation is 3. The molecule has 0 spiro atoms. The SMILES string of the molecule is Cc1ccc(C(=O)Nc2c(C)cc(N)cc2C)s1. The summed E-state index contributed by atoms with van der Waals surface area (Å²) >= 11 is 1.49. The number of thiophene rings is 1. The van der Waals surface area contributed by atoms with Crippen LogP contribution in [0, 0.1) is 20.8 Å². The number of nitrogen functional groups attached to an aromatic ring is 1. The lowest BCUT2D eigenvalue weighted by atomic mass is 10.1. The molecule has 4 heteroatoms. The molecule has 2 rings (SSSR count).